The highest BCUT2D eigenvalue weighted by Gasteiger charge is 2.28. The number of unbranched alkanes of at least 4 members (excludes halogenated alkanes) is 2. The van der Waals surface area contributed by atoms with Crippen LogP contribution in [0.3, 0.4) is 0 Å². The molecule has 1 amide bonds. The number of carbonyl (C=O) groups excluding carboxylic acids is 2. The van der Waals surface area contributed by atoms with Gasteiger partial charge in [0, 0.05) is 6.42 Å². The van der Waals surface area contributed by atoms with Crippen molar-refractivity contribution in [1.82, 2.24) is 5.32 Å². The summed E-state index contributed by atoms with van der Waals surface area (Å²) in [6, 6.07) is 17.3. The minimum absolute atomic E-state index is 0.0670. The number of ether oxygens (including phenoxy) is 1. The summed E-state index contributed by atoms with van der Waals surface area (Å²) in [4.78, 5) is 26.0. The van der Waals surface area contributed by atoms with E-state index in [9.17, 15) is 19.8 Å². The molecule has 0 bridgehead atoms. The van der Waals surface area contributed by atoms with Crippen LogP contribution in [0.4, 0.5) is 0 Å². The lowest BCUT2D eigenvalue weighted by Gasteiger charge is -2.20. The van der Waals surface area contributed by atoms with Crippen LogP contribution in [0.15, 0.2) is 60.7 Å². The summed E-state index contributed by atoms with van der Waals surface area (Å²) in [5.41, 5.74) is 3.21. The van der Waals surface area contributed by atoms with Crippen molar-refractivity contribution in [2.24, 2.45) is 0 Å². The molecule has 3 rings (SSSR count). The van der Waals surface area contributed by atoms with E-state index < -0.39 is 17.9 Å². The highest BCUT2D eigenvalue weighted by molar-refractivity contribution is 6.03. The van der Waals surface area contributed by atoms with Gasteiger partial charge in [0.1, 0.15) is 17.5 Å². The van der Waals surface area contributed by atoms with Gasteiger partial charge in [-0.3, -0.25) is 4.79 Å². The molecule has 0 radical (unpaired) electrons. The van der Waals surface area contributed by atoms with Gasteiger partial charge >= 0.3 is 5.97 Å². The van der Waals surface area contributed by atoms with E-state index in [4.69, 9.17) is 4.74 Å². The van der Waals surface area contributed by atoms with Crippen LogP contribution in [0.1, 0.15) is 53.2 Å². The third kappa shape index (κ3) is 6.41. The van der Waals surface area contributed by atoms with Crippen molar-refractivity contribution in [3.8, 4) is 22.6 Å². The number of phenols is 2. The van der Waals surface area contributed by atoms with E-state index >= 15 is 0 Å². The maximum atomic E-state index is 13.5. The second-order valence-electron chi connectivity index (χ2n) is 8.72. The van der Waals surface area contributed by atoms with Gasteiger partial charge < -0.3 is 20.3 Å². The maximum Gasteiger partial charge on any atom is 0.328 e. The van der Waals surface area contributed by atoms with Gasteiger partial charge in [0.2, 0.25) is 0 Å². The molecule has 3 aromatic carbocycles. The van der Waals surface area contributed by atoms with Crippen LogP contribution >= 0.6 is 0 Å². The molecule has 0 heterocycles. The van der Waals surface area contributed by atoms with Crippen LogP contribution < -0.4 is 5.32 Å². The predicted molar refractivity (Wildman–Crippen MR) is 137 cm³/mol. The van der Waals surface area contributed by atoms with Crippen molar-refractivity contribution in [2.75, 3.05) is 7.11 Å². The summed E-state index contributed by atoms with van der Waals surface area (Å²) in [5, 5.41) is 24.9. The monoisotopic (exact) mass is 475 g/mol. The van der Waals surface area contributed by atoms with Crippen LogP contribution in [0.5, 0.6) is 11.5 Å². The lowest BCUT2D eigenvalue weighted by Crippen LogP contribution is -2.43. The zero-order valence-electron chi connectivity index (χ0n) is 20.5. The minimum Gasteiger partial charge on any atom is -0.507 e. The normalized spacial score (nSPS) is 11.6. The van der Waals surface area contributed by atoms with Crippen molar-refractivity contribution < 1.29 is 24.5 Å². The van der Waals surface area contributed by atoms with Crippen LogP contribution in [0.2, 0.25) is 0 Å². The molecule has 0 aromatic heterocycles. The predicted octanol–water partition coefficient (Wildman–Crippen LogP) is 5.32. The van der Waals surface area contributed by atoms with Crippen molar-refractivity contribution >= 4 is 11.9 Å². The number of phenolic OH excluding ortho intramolecular Hbond substituents is 2. The number of aromatic hydroxyl groups is 2. The third-order valence-corrected chi connectivity index (χ3v) is 6.02. The number of benzene rings is 3. The molecule has 0 spiro atoms. The first-order valence-electron chi connectivity index (χ1n) is 11.9. The van der Waals surface area contributed by atoms with Gasteiger partial charge in [0.05, 0.1) is 18.2 Å². The fourth-order valence-electron chi connectivity index (χ4n) is 4.22. The molecule has 35 heavy (non-hydrogen) atoms. The van der Waals surface area contributed by atoms with E-state index in [0.717, 1.165) is 30.4 Å². The zero-order valence-corrected chi connectivity index (χ0v) is 20.5. The first-order valence-corrected chi connectivity index (χ1v) is 11.9. The van der Waals surface area contributed by atoms with E-state index in [1.807, 2.05) is 55.5 Å². The minimum atomic E-state index is -0.936. The van der Waals surface area contributed by atoms with Gasteiger partial charge in [-0.25, -0.2) is 4.79 Å². The SMILES string of the molecule is CCCCCc1cc(O)c(-c2cccc(C)c2)c(O)c1C(=O)N[C@@H](Cc1ccccc1)C(=O)OC. The number of nitrogens with one attached hydrogen (secondary N) is 1. The molecular weight excluding hydrogens is 442 g/mol. The van der Waals surface area contributed by atoms with Crippen molar-refractivity contribution in [2.45, 2.75) is 52.0 Å². The van der Waals surface area contributed by atoms with E-state index in [1.165, 1.54) is 7.11 Å². The number of carbonyl (C=O) groups is 2. The topological polar surface area (TPSA) is 95.9 Å². The molecule has 1 atom stereocenters. The van der Waals surface area contributed by atoms with E-state index in [0.29, 0.717) is 17.5 Å². The fraction of sp³-hybridized carbons (Fsp3) is 0.310. The number of methoxy groups -OCH3 is 1. The Morgan fingerprint density at radius 3 is 2.40 bits per heavy atom. The number of rotatable bonds is 10. The molecule has 184 valence electrons. The smallest absolute Gasteiger partial charge is 0.328 e. The quantitative estimate of drug-likeness (QED) is 0.272. The standard InChI is InChI=1S/C29H33NO5/c1-4-5-7-14-22-18-24(31)25(21-15-10-11-19(2)16-21)27(32)26(22)28(33)30-23(29(34)35-3)17-20-12-8-6-9-13-20/h6,8-13,15-16,18,23,31-32H,4-5,7,14,17H2,1-3H3,(H,30,33)/t23-/m0/s1. The Balaban J connectivity index is 2.04. The molecule has 0 saturated heterocycles. The molecule has 0 saturated carbocycles. The lowest BCUT2D eigenvalue weighted by atomic mass is 9.92. The Kier molecular flexibility index (Phi) is 8.90. The Labute approximate surface area is 206 Å². The largest absolute Gasteiger partial charge is 0.507 e. The molecule has 0 aliphatic heterocycles. The highest BCUT2D eigenvalue weighted by atomic mass is 16.5. The average Bonchev–Trinajstić information content (AvgIpc) is 2.83. The number of esters is 1. The average molecular weight is 476 g/mol. The summed E-state index contributed by atoms with van der Waals surface area (Å²) in [7, 11) is 1.27. The summed E-state index contributed by atoms with van der Waals surface area (Å²) < 4.78 is 4.93. The Morgan fingerprint density at radius 2 is 1.74 bits per heavy atom. The highest BCUT2D eigenvalue weighted by Crippen LogP contribution is 2.42. The van der Waals surface area contributed by atoms with E-state index in [-0.39, 0.29) is 29.0 Å². The number of hydrogen-bond acceptors (Lipinski definition) is 5. The maximum absolute atomic E-state index is 13.5. The third-order valence-electron chi connectivity index (χ3n) is 6.02. The first kappa shape index (κ1) is 25.8. The molecule has 3 N–H and O–H groups in total. The fourth-order valence-corrected chi connectivity index (χ4v) is 4.22. The molecule has 6 nitrogen and oxygen atoms in total. The molecule has 3 aromatic rings. The lowest BCUT2D eigenvalue weighted by molar-refractivity contribution is -0.142. The number of aryl methyl sites for hydroxylation is 2. The van der Waals surface area contributed by atoms with E-state index in [2.05, 4.69) is 12.2 Å². The van der Waals surface area contributed by atoms with Crippen LogP contribution in [0, 0.1) is 6.92 Å². The van der Waals surface area contributed by atoms with Gasteiger partial charge in [0.25, 0.3) is 5.91 Å². The summed E-state index contributed by atoms with van der Waals surface area (Å²) in [5.74, 6) is -1.56. The molecule has 0 aliphatic carbocycles. The van der Waals surface area contributed by atoms with Gasteiger partial charge in [-0.15, -0.1) is 0 Å². The van der Waals surface area contributed by atoms with Crippen molar-refractivity contribution in [3.63, 3.8) is 0 Å². The molecule has 0 unspecified atom stereocenters. The number of amides is 1. The van der Waals surface area contributed by atoms with Crippen LogP contribution in [-0.4, -0.2) is 35.2 Å². The molecule has 0 aliphatic rings. The van der Waals surface area contributed by atoms with Crippen LogP contribution in [-0.2, 0) is 22.4 Å². The second-order valence-corrected chi connectivity index (χ2v) is 8.72. The zero-order chi connectivity index (χ0) is 25.4. The Morgan fingerprint density at radius 1 is 1.00 bits per heavy atom. The first-order chi connectivity index (χ1) is 16.8. The molecule has 0 fully saturated rings. The Hall–Kier alpha value is -3.80. The van der Waals surface area contributed by atoms with Gasteiger partial charge in [-0.2, -0.15) is 0 Å². The van der Waals surface area contributed by atoms with Crippen molar-refractivity contribution in [3.05, 3.63) is 82.9 Å². The Bertz CT molecular complexity index is 1170. The van der Waals surface area contributed by atoms with E-state index in [1.54, 1.807) is 12.1 Å². The van der Waals surface area contributed by atoms with Gasteiger partial charge in [-0.05, 0) is 42.5 Å². The second kappa shape index (κ2) is 12.1. The van der Waals surface area contributed by atoms with Gasteiger partial charge in [-0.1, -0.05) is 79.9 Å². The summed E-state index contributed by atoms with van der Waals surface area (Å²) >= 11 is 0. The molecule has 6 heteroatoms. The number of hydrogen-bond donors (Lipinski definition) is 3. The summed E-state index contributed by atoms with van der Waals surface area (Å²) in [6.45, 7) is 3.99. The summed E-state index contributed by atoms with van der Waals surface area (Å²) in [6.07, 6.45) is 3.48. The molecular formula is C29H33NO5. The van der Waals surface area contributed by atoms with Crippen LogP contribution in [0.25, 0.3) is 11.1 Å². The van der Waals surface area contributed by atoms with Gasteiger partial charge in [0.15, 0.2) is 0 Å². The van der Waals surface area contributed by atoms with Crippen molar-refractivity contribution in [1.29, 1.82) is 0 Å².